The minimum atomic E-state index is 0.390. The van der Waals surface area contributed by atoms with Gasteiger partial charge in [-0.3, -0.25) is 4.90 Å². The number of nitrogens with two attached hydrogens (primary N) is 1. The van der Waals surface area contributed by atoms with E-state index in [0.29, 0.717) is 12.6 Å². The van der Waals surface area contributed by atoms with E-state index in [-0.39, 0.29) is 0 Å². The van der Waals surface area contributed by atoms with Gasteiger partial charge in [0.05, 0.1) is 0 Å². The molecule has 3 heterocycles. The Labute approximate surface area is 103 Å². The van der Waals surface area contributed by atoms with Gasteiger partial charge in [-0.2, -0.15) is 0 Å². The Bertz CT molecular complexity index is 368. The fourth-order valence-corrected chi connectivity index (χ4v) is 2.92. The molecule has 1 aromatic carbocycles. The molecular formula is C14H20N2O. The number of nitrogens with zero attached hydrogens (tertiary/aromatic N) is 1. The summed E-state index contributed by atoms with van der Waals surface area (Å²) in [7, 11) is 0. The zero-order valence-electron chi connectivity index (χ0n) is 10.1. The second-order valence-corrected chi connectivity index (χ2v) is 5.14. The molecule has 3 fully saturated rings. The summed E-state index contributed by atoms with van der Waals surface area (Å²) < 4.78 is 6.11. The average Bonchev–Trinajstić information content (AvgIpc) is 2.41. The van der Waals surface area contributed by atoms with Crippen molar-refractivity contribution in [2.45, 2.75) is 25.5 Å². The summed E-state index contributed by atoms with van der Waals surface area (Å²) in [6.45, 7) is 4.22. The van der Waals surface area contributed by atoms with E-state index >= 15 is 0 Å². The molecular weight excluding hydrogens is 212 g/mol. The van der Waals surface area contributed by atoms with Gasteiger partial charge in [-0.1, -0.05) is 12.1 Å². The van der Waals surface area contributed by atoms with Crippen LogP contribution in [0.1, 0.15) is 18.4 Å². The molecule has 4 rings (SSSR count). The molecule has 2 bridgehead atoms. The van der Waals surface area contributed by atoms with Crippen LogP contribution in [0.4, 0.5) is 0 Å². The van der Waals surface area contributed by atoms with Gasteiger partial charge in [0.1, 0.15) is 11.9 Å². The van der Waals surface area contributed by atoms with E-state index in [1.54, 1.807) is 0 Å². The molecule has 17 heavy (non-hydrogen) atoms. The van der Waals surface area contributed by atoms with Gasteiger partial charge in [-0.15, -0.1) is 0 Å². The van der Waals surface area contributed by atoms with Gasteiger partial charge in [-0.05, 0) is 49.5 Å². The number of benzene rings is 1. The van der Waals surface area contributed by atoms with Crippen LogP contribution in [0.3, 0.4) is 0 Å². The first-order chi connectivity index (χ1) is 8.35. The maximum Gasteiger partial charge on any atom is 0.119 e. The first kappa shape index (κ1) is 11.1. The molecule has 0 aromatic heterocycles. The zero-order valence-corrected chi connectivity index (χ0v) is 10.1. The summed E-state index contributed by atoms with van der Waals surface area (Å²) >= 11 is 0. The second-order valence-electron chi connectivity index (χ2n) is 5.14. The SMILES string of the molecule is NCc1ccc(OC2CN3CCC2CC3)cc1. The van der Waals surface area contributed by atoms with Crippen molar-refractivity contribution in [1.82, 2.24) is 4.90 Å². The van der Waals surface area contributed by atoms with Gasteiger partial charge in [-0.25, -0.2) is 0 Å². The smallest absolute Gasteiger partial charge is 0.119 e. The van der Waals surface area contributed by atoms with E-state index in [2.05, 4.69) is 17.0 Å². The van der Waals surface area contributed by atoms with Crippen molar-refractivity contribution in [2.75, 3.05) is 19.6 Å². The molecule has 0 amide bonds. The first-order valence-electron chi connectivity index (χ1n) is 6.53. The number of rotatable bonds is 3. The Morgan fingerprint density at radius 1 is 1.18 bits per heavy atom. The van der Waals surface area contributed by atoms with E-state index in [9.17, 15) is 0 Å². The van der Waals surface area contributed by atoms with Crippen molar-refractivity contribution in [1.29, 1.82) is 0 Å². The van der Waals surface area contributed by atoms with Crippen molar-refractivity contribution in [3.8, 4) is 5.75 Å². The number of piperidine rings is 3. The lowest BCUT2D eigenvalue weighted by Gasteiger charge is -2.44. The van der Waals surface area contributed by atoms with Crippen LogP contribution in [0.25, 0.3) is 0 Å². The summed E-state index contributed by atoms with van der Waals surface area (Å²) in [4.78, 5) is 2.51. The Hall–Kier alpha value is -1.06. The lowest BCUT2D eigenvalue weighted by Crippen LogP contribution is -2.52. The van der Waals surface area contributed by atoms with Crippen LogP contribution in [0.2, 0.25) is 0 Å². The molecule has 3 heteroatoms. The molecule has 0 spiro atoms. The monoisotopic (exact) mass is 232 g/mol. The standard InChI is InChI=1S/C14H20N2O/c15-9-11-1-3-13(4-2-11)17-14-10-16-7-5-12(14)6-8-16/h1-4,12,14H,5-10,15H2. The first-order valence-corrected chi connectivity index (χ1v) is 6.53. The molecule has 1 aromatic rings. The number of ether oxygens (including phenoxy) is 1. The van der Waals surface area contributed by atoms with Crippen LogP contribution in [-0.2, 0) is 6.54 Å². The van der Waals surface area contributed by atoms with E-state index in [4.69, 9.17) is 10.5 Å². The topological polar surface area (TPSA) is 38.5 Å². The largest absolute Gasteiger partial charge is 0.489 e. The Balaban J connectivity index is 1.66. The number of hydrogen-bond acceptors (Lipinski definition) is 3. The third-order valence-corrected chi connectivity index (χ3v) is 4.04. The second kappa shape index (κ2) is 4.67. The van der Waals surface area contributed by atoms with Gasteiger partial charge in [0, 0.05) is 13.1 Å². The molecule has 0 aliphatic carbocycles. The van der Waals surface area contributed by atoms with Crippen molar-refractivity contribution in [3.05, 3.63) is 29.8 Å². The maximum atomic E-state index is 6.11. The summed E-state index contributed by atoms with van der Waals surface area (Å²) in [6.07, 6.45) is 2.98. The number of hydrogen-bond donors (Lipinski definition) is 1. The van der Waals surface area contributed by atoms with Crippen LogP contribution in [0.5, 0.6) is 5.75 Å². The quantitative estimate of drug-likeness (QED) is 0.860. The van der Waals surface area contributed by atoms with E-state index in [1.807, 2.05) is 12.1 Å². The van der Waals surface area contributed by atoms with Crippen LogP contribution in [-0.4, -0.2) is 30.6 Å². The van der Waals surface area contributed by atoms with Crippen molar-refractivity contribution in [3.63, 3.8) is 0 Å². The molecule has 1 unspecified atom stereocenters. The lowest BCUT2D eigenvalue weighted by atomic mass is 9.86. The van der Waals surface area contributed by atoms with Gasteiger partial charge in [0.15, 0.2) is 0 Å². The van der Waals surface area contributed by atoms with E-state index in [1.165, 1.54) is 25.9 Å². The minimum Gasteiger partial charge on any atom is -0.489 e. The molecule has 0 radical (unpaired) electrons. The Morgan fingerprint density at radius 3 is 2.41 bits per heavy atom. The zero-order chi connectivity index (χ0) is 11.7. The van der Waals surface area contributed by atoms with E-state index in [0.717, 1.165) is 23.8 Å². The summed E-state index contributed by atoms with van der Waals surface area (Å²) in [5, 5.41) is 0. The van der Waals surface area contributed by atoms with Crippen molar-refractivity contribution >= 4 is 0 Å². The molecule has 3 aliphatic rings. The Kier molecular flexibility index (Phi) is 3.04. The highest BCUT2D eigenvalue weighted by molar-refractivity contribution is 5.27. The summed E-state index contributed by atoms with van der Waals surface area (Å²) in [5.74, 6) is 1.75. The Morgan fingerprint density at radius 2 is 1.88 bits per heavy atom. The molecule has 3 saturated heterocycles. The highest BCUT2D eigenvalue weighted by Crippen LogP contribution is 2.30. The molecule has 0 saturated carbocycles. The predicted molar refractivity (Wildman–Crippen MR) is 67.9 cm³/mol. The van der Waals surface area contributed by atoms with Gasteiger partial charge < -0.3 is 10.5 Å². The van der Waals surface area contributed by atoms with Crippen LogP contribution < -0.4 is 10.5 Å². The molecule has 2 N–H and O–H groups in total. The highest BCUT2D eigenvalue weighted by Gasteiger charge is 2.35. The van der Waals surface area contributed by atoms with Gasteiger partial charge >= 0.3 is 0 Å². The third kappa shape index (κ3) is 2.31. The molecule has 92 valence electrons. The maximum absolute atomic E-state index is 6.11. The molecule has 3 nitrogen and oxygen atoms in total. The van der Waals surface area contributed by atoms with Crippen LogP contribution >= 0.6 is 0 Å². The molecule has 1 atom stereocenters. The summed E-state index contributed by atoms with van der Waals surface area (Å²) in [5.41, 5.74) is 6.74. The fourth-order valence-electron chi connectivity index (χ4n) is 2.92. The highest BCUT2D eigenvalue weighted by atomic mass is 16.5. The van der Waals surface area contributed by atoms with E-state index < -0.39 is 0 Å². The van der Waals surface area contributed by atoms with Gasteiger partial charge in [0.2, 0.25) is 0 Å². The van der Waals surface area contributed by atoms with Crippen molar-refractivity contribution < 1.29 is 4.74 Å². The molecule has 3 aliphatic heterocycles. The van der Waals surface area contributed by atoms with Crippen LogP contribution in [0, 0.1) is 5.92 Å². The minimum absolute atomic E-state index is 0.390. The third-order valence-electron chi connectivity index (χ3n) is 4.04. The predicted octanol–water partition coefficient (Wildman–Crippen LogP) is 1.62. The van der Waals surface area contributed by atoms with Crippen LogP contribution in [0.15, 0.2) is 24.3 Å². The average molecular weight is 232 g/mol. The normalized spacial score (nSPS) is 31.5. The number of fused-ring (bicyclic) bond motifs is 3. The van der Waals surface area contributed by atoms with Gasteiger partial charge in [0.25, 0.3) is 0 Å². The van der Waals surface area contributed by atoms with Crippen molar-refractivity contribution in [2.24, 2.45) is 11.7 Å². The lowest BCUT2D eigenvalue weighted by molar-refractivity contribution is -0.00776. The fraction of sp³-hybridized carbons (Fsp3) is 0.571. The summed E-state index contributed by atoms with van der Waals surface area (Å²) in [6, 6.07) is 8.19.